The molecule has 3 N–H and O–H groups in total. The summed E-state index contributed by atoms with van der Waals surface area (Å²) in [5.74, 6) is 0.710. The van der Waals surface area contributed by atoms with Crippen LogP contribution in [0.5, 0.6) is 0 Å². The lowest BCUT2D eigenvalue weighted by molar-refractivity contribution is -0.124. The monoisotopic (exact) mass is 297 g/mol. The van der Waals surface area contributed by atoms with Crippen molar-refractivity contribution >= 4 is 11.5 Å². The molecule has 1 saturated carbocycles. The molecular weight excluding hydrogens is 276 g/mol. The third kappa shape index (κ3) is 1.36. The second-order valence-corrected chi connectivity index (χ2v) is 7.35. The zero-order chi connectivity index (χ0) is 15.1. The average Bonchev–Trinajstić information content (AvgIpc) is 2.78. The number of Topliss-reactive ketones (excluding diaryl/α,β-unsaturated/α-hetero) is 1. The Labute approximate surface area is 129 Å². The predicted molar refractivity (Wildman–Crippen MR) is 83.1 cm³/mol. The number of quaternary nitrogens is 1. The third-order valence-electron chi connectivity index (χ3n) is 6.28. The van der Waals surface area contributed by atoms with Crippen LogP contribution >= 0.6 is 0 Å². The number of carbonyl (C=O) groups excluding carboxylic acids is 1. The number of para-hydroxylation sites is 1. The van der Waals surface area contributed by atoms with E-state index in [-0.39, 0.29) is 22.4 Å². The molecule has 0 aromatic heterocycles. The standard InChI is InChI=1S/C18H21N2O2/c19-13-9-20(22)14-7-2-1-5-12(14)17-15(21)8-10-4-3-6-11(13)16(10)18(17)20/h1-2,5,7,10-11,13,17,22H,3-4,6,8-9,19H2/q+1. The molecule has 1 aromatic carbocycles. The number of carbonyl (C=O) groups is 1. The zero-order valence-corrected chi connectivity index (χ0v) is 12.5. The SMILES string of the molecule is NC1C[N+]2(O)C3=C4C(CCCC41)CC(=O)C3c1ccccc12. The Morgan fingerprint density at radius 3 is 2.91 bits per heavy atom. The summed E-state index contributed by atoms with van der Waals surface area (Å²) in [6, 6.07) is 7.85. The summed E-state index contributed by atoms with van der Waals surface area (Å²) < 4.78 is -0.212. The molecule has 5 unspecified atom stereocenters. The van der Waals surface area contributed by atoms with Crippen LogP contribution in [0, 0.1) is 11.8 Å². The molecule has 5 rings (SSSR count). The number of hydrogen-bond acceptors (Lipinski definition) is 3. The first-order valence-corrected chi connectivity index (χ1v) is 8.34. The van der Waals surface area contributed by atoms with Crippen molar-refractivity contribution in [3.05, 3.63) is 41.1 Å². The van der Waals surface area contributed by atoms with Crippen molar-refractivity contribution in [2.75, 3.05) is 6.54 Å². The summed E-state index contributed by atoms with van der Waals surface area (Å²) in [4.78, 5) is 12.8. The topological polar surface area (TPSA) is 63.3 Å². The Hall–Kier alpha value is -1.49. The van der Waals surface area contributed by atoms with Crippen LogP contribution in [0.25, 0.3) is 0 Å². The van der Waals surface area contributed by atoms with Gasteiger partial charge in [0.1, 0.15) is 12.5 Å². The first-order valence-electron chi connectivity index (χ1n) is 8.34. The van der Waals surface area contributed by atoms with Crippen LogP contribution in [-0.2, 0) is 4.79 Å². The second-order valence-electron chi connectivity index (χ2n) is 7.35. The Morgan fingerprint density at radius 2 is 2.05 bits per heavy atom. The molecular formula is C18H21N2O2+. The zero-order valence-electron chi connectivity index (χ0n) is 12.5. The van der Waals surface area contributed by atoms with Crippen LogP contribution < -0.4 is 10.4 Å². The van der Waals surface area contributed by atoms with Crippen molar-refractivity contribution in [1.82, 2.24) is 4.65 Å². The number of hydroxylamine groups is 2. The highest BCUT2D eigenvalue weighted by atomic mass is 16.5. The van der Waals surface area contributed by atoms with Crippen molar-refractivity contribution in [1.29, 1.82) is 0 Å². The van der Waals surface area contributed by atoms with E-state index in [4.69, 9.17) is 5.73 Å². The fourth-order valence-corrected chi connectivity index (χ4v) is 5.51. The van der Waals surface area contributed by atoms with Crippen LogP contribution in [-0.4, -0.2) is 23.6 Å². The van der Waals surface area contributed by atoms with Gasteiger partial charge in [0.25, 0.3) is 0 Å². The lowest BCUT2D eigenvalue weighted by Gasteiger charge is -2.46. The van der Waals surface area contributed by atoms with Crippen LogP contribution in [0.15, 0.2) is 35.5 Å². The van der Waals surface area contributed by atoms with Crippen molar-refractivity contribution < 1.29 is 10.0 Å². The number of benzene rings is 1. The van der Waals surface area contributed by atoms with Gasteiger partial charge in [-0.3, -0.25) is 4.79 Å². The highest BCUT2D eigenvalue weighted by Crippen LogP contribution is 2.59. The number of nitrogens with zero attached hydrogens (tertiary/aromatic N) is 1. The molecule has 22 heavy (non-hydrogen) atoms. The van der Waals surface area contributed by atoms with Gasteiger partial charge in [-0.2, -0.15) is 0 Å². The quantitative estimate of drug-likeness (QED) is 0.723. The number of hydrogen-bond donors (Lipinski definition) is 2. The number of nitrogens with two attached hydrogens (primary N) is 1. The second kappa shape index (κ2) is 4.07. The Bertz CT molecular complexity index is 726. The van der Waals surface area contributed by atoms with E-state index < -0.39 is 0 Å². The third-order valence-corrected chi connectivity index (χ3v) is 6.28. The minimum absolute atomic E-state index is 0.0217. The molecule has 1 fully saturated rings. The van der Waals surface area contributed by atoms with Crippen LogP contribution in [0.3, 0.4) is 0 Å². The number of allylic oxidation sites excluding steroid dienone is 1. The van der Waals surface area contributed by atoms with Crippen molar-refractivity contribution in [2.45, 2.75) is 37.6 Å². The van der Waals surface area contributed by atoms with Crippen molar-refractivity contribution in [2.24, 2.45) is 17.6 Å². The van der Waals surface area contributed by atoms with E-state index in [9.17, 15) is 10.0 Å². The van der Waals surface area contributed by atoms with Gasteiger partial charge in [0, 0.05) is 24.0 Å². The molecule has 4 heteroatoms. The summed E-state index contributed by atoms with van der Waals surface area (Å²) >= 11 is 0. The van der Waals surface area contributed by atoms with Gasteiger partial charge in [0.15, 0.2) is 17.2 Å². The van der Waals surface area contributed by atoms with Gasteiger partial charge in [-0.25, -0.2) is 5.21 Å². The van der Waals surface area contributed by atoms with E-state index in [0.717, 1.165) is 36.2 Å². The van der Waals surface area contributed by atoms with E-state index in [0.29, 0.717) is 24.8 Å². The molecule has 1 aromatic rings. The molecule has 4 nitrogen and oxygen atoms in total. The number of fused-ring (bicyclic) bond motifs is 3. The molecule has 0 radical (unpaired) electrons. The van der Waals surface area contributed by atoms with Crippen molar-refractivity contribution in [3.8, 4) is 0 Å². The van der Waals surface area contributed by atoms with E-state index in [1.165, 1.54) is 5.57 Å². The minimum Gasteiger partial charge on any atom is -0.322 e. The minimum atomic E-state index is -0.236. The number of rotatable bonds is 0. The maximum atomic E-state index is 12.8. The average molecular weight is 297 g/mol. The van der Waals surface area contributed by atoms with Gasteiger partial charge in [-0.05, 0) is 24.3 Å². The fraction of sp³-hybridized carbons (Fsp3) is 0.500. The van der Waals surface area contributed by atoms with E-state index in [1.54, 1.807) is 0 Å². The number of ketones is 1. The maximum Gasteiger partial charge on any atom is 0.174 e. The maximum absolute atomic E-state index is 12.8. The highest BCUT2D eigenvalue weighted by molar-refractivity contribution is 5.95. The van der Waals surface area contributed by atoms with Gasteiger partial charge in [-0.1, -0.05) is 24.6 Å². The molecule has 2 heterocycles. The molecule has 2 aliphatic heterocycles. The molecule has 0 amide bonds. The summed E-state index contributed by atoms with van der Waals surface area (Å²) in [6.45, 7) is 0.497. The molecule has 0 saturated heterocycles. The van der Waals surface area contributed by atoms with Crippen LogP contribution in [0.1, 0.15) is 37.2 Å². The van der Waals surface area contributed by atoms with Crippen LogP contribution in [0.4, 0.5) is 5.69 Å². The predicted octanol–water partition coefficient (Wildman–Crippen LogP) is 2.46. The van der Waals surface area contributed by atoms with E-state index in [2.05, 4.69) is 0 Å². The molecule has 2 aliphatic carbocycles. The fourth-order valence-electron chi connectivity index (χ4n) is 5.51. The molecule has 0 bridgehead atoms. The molecule has 114 valence electrons. The summed E-state index contributed by atoms with van der Waals surface area (Å²) in [5, 5.41) is 11.5. The summed E-state index contributed by atoms with van der Waals surface area (Å²) in [5.41, 5.74) is 10.6. The first kappa shape index (κ1) is 13.0. The summed E-state index contributed by atoms with van der Waals surface area (Å²) in [7, 11) is 0. The normalized spacial score (nSPS) is 42.2. The molecule has 5 atom stereocenters. The first-order chi connectivity index (χ1) is 10.6. The van der Waals surface area contributed by atoms with E-state index >= 15 is 0 Å². The smallest absolute Gasteiger partial charge is 0.174 e. The Morgan fingerprint density at radius 1 is 1.23 bits per heavy atom. The lowest BCUT2D eigenvalue weighted by atomic mass is 9.64. The molecule has 0 spiro atoms. The van der Waals surface area contributed by atoms with Gasteiger partial charge in [0.05, 0.1) is 6.04 Å². The molecule has 4 aliphatic rings. The lowest BCUT2D eigenvalue weighted by Crippen LogP contribution is -2.60. The highest BCUT2D eigenvalue weighted by Gasteiger charge is 2.61. The van der Waals surface area contributed by atoms with Crippen LogP contribution in [0.2, 0.25) is 0 Å². The van der Waals surface area contributed by atoms with E-state index in [1.807, 2.05) is 24.3 Å². The largest absolute Gasteiger partial charge is 0.322 e. The Kier molecular flexibility index (Phi) is 2.41. The van der Waals surface area contributed by atoms with Crippen molar-refractivity contribution in [3.63, 3.8) is 0 Å². The Balaban J connectivity index is 1.85. The van der Waals surface area contributed by atoms with Gasteiger partial charge < -0.3 is 5.73 Å². The summed E-state index contributed by atoms with van der Waals surface area (Å²) in [6.07, 6.45) is 3.95. The van der Waals surface area contributed by atoms with Gasteiger partial charge in [0.2, 0.25) is 0 Å². The van der Waals surface area contributed by atoms with Gasteiger partial charge >= 0.3 is 0 Å². The van der Waals surface area contributed by atoms with Gasteiger partial charge in [-0.15, -0.1) is 4.65 Å².